The molecule has 1 saturated heterocycles. The predicted molar refractivity (Wildman–Crippen MR) is 152 cm³/mol. The summed E-state index contributed by atoms with van der Waals surface area (Å²) in [6, 6.07) is 16.4. The van der Waals surface area contributed by atoms with Gasteiger partial charge in [0.25, 0.3) is 0 Å². The molecule has 0 saturated carbocycles. The lowest BCUT2D eigenvalue weighted by molar-refractivity contribution is -0.0589. The minimum absolute atomic E-state index is 0.0139. The van der Waals surface area contributed by atoms with E-state index in [9.17, 15) is 14.3 Å². The molecule has 41 heavy (non-hydrogen) atoms. The maximum Gasteiger partial charge on any atom is 0.335 e. The number of rotatable bonds is 9. The number of halogens is 3. The molecule has 0 aliphatic carbocycles. The van der Waals surface area contributed by atoms with Gasteiger partial charge in [0, 0.05) is 46.5 Å². The van der Waals surface area contributed by atoms with Crippen molar-refractivity contribution in [2.45, 2.75) is 32.1 Å². The van der Waals surface area contributed by atoms with Gasteiger partial charge < -0.3 is 19.1 Å². The molecule has 0 bridgehead atoms. The molecule has 1 unspecified atom stereocenters. The number of benzene rings is 3. The third kappa shape index (κ3) is 5.88. The molecule has 3 heterocycles. The Morgan fingerprint density at radius 1 is 1.07 bits per heavy atom. The number of fused-ring (bicyclic) bond motifs is 1. The first-order valence-electron chi connectivity index (χ1n) is 12.9. The van der Waals surface area contributed by atoms with E-state index >= 15 is 0 Å². The molecule has 1 aliphatic rings. The Morgan fingerprint density at radius 2 is 1.90 bits per heavy atom. The van der Waals surface area contributed by atoms with Crippen molar-refractivity contribution in [3.63, 3.8) is 0 Å². The zero-order valence-electron chi connectivity index (χ0n) is 21.6. The maximum atomic E-state index is 14.1. The topological polar surface area (TPSA) is 99.4 Å². The number of carbonyl (C=O) groups is 1. The molecule has 0 radical (unpaired) electrons. The number of carboxylic acids is 1. The largest absolute Gasteiger partial charge is 0.478 e. The van der Waals surface area contributed by atoms with E-state index < -0.39 is 11.8 Å². The van der Waals surface area contributed by atoms with Crippen LogP contribution in [0.4, 0.5) is 4.39 Å². The van der Waals surface area contributed by atoms with Crippen LogP contribution in [0.1, 0.15) is 33.7 Å². The van der Waals surface area contributed by atoms with E-state index in [-0.39, 0.29) is 24.2 Å². The monoisotopic (exact) mass is 592 g/mol. The summed E-state index contributed by atoms with van der Waals surface area (Å²) in [6.07, 6.45) is 2.98. The molecule has 3 aromatic carbocycles. The van der Waals surface area contributed by atoms with Gasteiger partial charge in [-0.2, -0.15) is 4.98 Å². The molecule has 5 aromatic rings. The van der Waals surface area contributed by atoms with Crippen molar-refractivity contribution < 1.29 is 23.8 Å². The minimum Gasteiger partial charge on any atom is -0.478 e. The van der Waals surface area contributed by atoms with Crippen LogP contribution in [0.2, 0.25) is 10.0 Å². The molecule has 1 N–H and O–H groups in total. The Labute approximate surface area is 244 Å². The fraction of sp³-hybridized carbons (Fsp3) is 0.200. The second kappa shape index (κ2) is 11.4. The Hall–Kier alpha value is -4.05. The van der Waals surface area contributed by atoms with Crippen LogP contribution in [0.15, 0.2) is 66.9 Å². The first kappa shape index (κ1) is 27.1. The molecule has 1 aliphatic heterocycles. The van der Waals surface area contributed by atoms with Crippen LogP contribution >= 0.6 is 23.2 Å². The van der Waals surface area contributed by atoms with Gasteiger partial charge in [0.15, 0.2) is 5.82 Å². The quantitative estimate of drug-likeness (QED) is 0.206. The first-order valence-corrected chi connectivity index (χ1v) is 13.6. The molecule has 0 amide bonds. The molecule has 8 nitrogen and oxygen atoms in total. The van der Waals surface area contributed by atoms with Crippen molar-refractivity contribution >= 4 is 40.2 Å². The average Bonchev–Trinajstić information content (AvgIpc) is 3.27. The molecule has 11 heteroatoms. The highest BCUT2D eigenvalue weighted by atomic mass is 35.5. The molecule has 1 atom stereocenters. The molecule has 208 valence electrons. The highest BCUT2D eigenvalue weighted by Crippen LogP contribution is 2.29. The zero-order chi connectivity index (χ0) is 28.5. The summed E-state index contributed by atoms with van der Waals surface area (Å²) in [5.41, 5.74) is 3.53. The van der Waals surface area contributed by atoms with E-state index in [0.717, 1.165) is 23.3 Å². The SMILES string of the molecule is O=C(O)c1ccc2nc(Cc3ccc(-c4nccc(OCc5ccc(Cl)cc5F)n4)cc3Cl)n(CC3CCO3)c2c1. The second-order valence-corrected chi connectivity index (χ2v) is 10.5. The number of hydrogen-bond acceptors (Lipinski definition) is 6. The van der Waals surface area contributed by atoms with Gasteiger partial charge in [0.2, 0.25) is 5.88 Å². The third-order valence-electron chi connectivity index (χ3n) is 6.93. The van der Waals surface area contributed by atoms with Crippen LogP contribution in [-0.4, -0.2) is 43.3 Å². The summed E-state index contributed by atoms with van der Waals surface area (Å²) < 4.78 is 27.5. The van der Waals surface area contributed by atoms with Crippen molar-refractivity contribution in [3.8, 4) is 17.3 Å². The molecule has 1 fully saturated rings. The van der Waals surface area contributed by atoms with Gasteiger partial charge in [0.05, 0.1) is 29.2 Å². The summed E-state index contributed by atoms with van der Waals surface area (Å²) in [4.78, 5) is 25.2. The van der Waals surface area contributed by atoms with Gasteiger partial charge in [0.1, 0.15) is 18.2 Å². The Balaban J connectivity index is 1.24. The lowest BCUT2D eigenvalue weighted by atomic mass is 10.1. The normalized spacial score (nSPS) is 14.7. The fourth-order valence-corrected chi connectivity index (χ4v) is 5.03. The number of aromatic nitrogens is 4. The van der Waals surface area contributed by atoms with Crippen molar-refractivity contribution in [1.29, 1.82) is 0 Å². The van der Waals surface area contributed by atoms with Gasteiger partial charge in [-0.05, 0) is 48.4 Å². The summed E-state index contributed by atoms with van der Waals surface area (Å²) in [5.74, 6) is 0.00727. The number of nitrogens with zero attached hydrogens (tertiary/aromatic N) is 4. The van der Waals surface area contributed by atoms with Crippen LogP contribution in [-0.2, 0) is 24.3 Å². The summed E-state index contributed by atoms with van der Waals surface area (Å²) in [5, 5.41) is 10.3. The summed E-state index contributed by atoms with van der Waals surface area (Å²) >= 11 is 12.5. The van der Waals surface area contributed by atoms with Crippen LogP contribution in [0.3, 0.4) is 0 Å². The number of carboxylic acid groups (broad SMARTS) is 1. The maximum absolute atomic E-state index is 14.1. The summed E-state index contributed by atoms with van der Waals surface area (Å²) in [6.45, 7) is 1.28. The van der Waals surface area contributed by atoms with E-state index in [1.165, 1.54) is 6.07 Å². The summed E-state index contributed by atoms with van der Waals surface area (Å²) in [7, 11) is 0. The van der Waals surface area contributed by atoms with E-state index in [2.05, 4.69) is 9.97 Å². The van der Waals surface area contributed by atoms with Gasteiger partial charge in [-0.1, -0.05) is 41.4 Å². The van der Waals surface area contributed by atoms with E-state index in [4.69, 9.17) is 37.7 Å². The molecular formula is C30H23Cl2FN4O4. The fourth-order valence-electron chi connectivity index (χ4n) is 4.63. The van der Waals surface area contributed by atoms with E-state index in [1.807, 2.05) is 16.7 Å². The second-order valence-electron chi connectivity index (χ2n) is 9.65. The highest BCUT2D eigenvalue weighted by molar-refractivity contribution is 6.31. The van der Waals surface area contributed by atoms with Gasteiger partial charge in [-0.15, -0.1) is 0 Å². The molecular weight excluding hydrogens is 570 g/mol. The smallest absolute Gasteiger partial charge is 0.335 e. The zero-order valence-corrected chi connectivity index (χ0v) is 23.1. The van der Waals surface area contributed by atoms with E-state index in [1.54, 1.807) is 48.7 Å². The van der Waals surface area contributed by atoms with Crippen LogP contribution in [0.5, 0.6) is 5.88 Å². The molecule has 2 aromatic heterocycles. The number of aromatic carboxylic acids is 1. The molecule has 0 spiro atoms. The third-order valence-corrected chi connectivity index (χ3v) is 7.52. The number of imidazole rings is 1. The van der Waals surface area contributed by atoms with Crippen molar-refractivity contribution in [2.24, 2.45) is 0 Å². The lowest BCUT2D eigenvalue weighted by Crippen LogP contribution is -2.31. The van der Waals surface area contributed by atoms with Crippen LogP contribution in [0.25, 0.3) is 22.4 Å². The standard InChI is InChI=1S/C30H23Cl2FN4O4/c31-21-5-3-20(24(33)14-21)16-41-28-7-9-34-29(36-28)18-2-1-17(23(32)11-18)13-27-35-25-6-4-19(30(38)39)12-26(25)37(27)15-22-8-10-40-22/h1-7,9,11-12,14,22H,8,10,13,15-16H2,(H,38,39). The lowest BCUT2D eigenvalue weighted by Gasteiger charge is -2.27. The Bertz CT molecular complexity index is 1770. The molecule has 6 rings (SSSR count). The van der Waals surface area contributed by atoms with Gasteiger partial charge in [-0.25, -0.2) is 19.2 Å². The van der Waals surface area contributed by atoms with Crippen molar-refractivity contribution in [2.75, 3.05) is 6.61 Å². The van der Waals surface area contributed by atoms with Crippen LogP contribution < -0.4 is 4.74 Å². The Kier molecular flexibility index (Phi) is 7.57. The minimum atomic E-state index is -0.992. The van der Waals surface area contributed by atoms with Crippen molar-refractivity contribution in [3.05, 3.63) is 105 Å². The Morgan fingerprint density at radius 3 is 2.63 bits per heavy atom. The van der Waals surface area contributed by atoms with Crippen LogP contribution in [0, 0.1) is 5.82 Å². The number of hydrogen-bond donors (Lipinski definition) is 1. The van der Waals surface area contributed by atoms with E-state index in [0.29, 0.717) is 52.1 Å². The van der Waals surface area contributed by atoms with Gasteiger partial charge >= 0.3 is 5.97 Å². The highest BCUT2D eigenvalue weighted by Gasteiger charge is 2.23. The van der Waals surface area contributed by atoms with Crippen molar-refractivity contribution in [1.82, 2.24) is 19.5 Å². The average molecular weight is 593 g/mol. The first-order chi connectivity index (χ1) is 19.8. The van der Waals surface area contributed by atoms with Gasteiger partial charge in [-0.3, -0.25) is 0 Å². The predicted octanol–water partition coefficient (Wildman–Crippen LogP) is 6.60. The number of ether oxygens (including phenoxy) is 2.